The van der Waals surface area contributed by atoms with Crippen LogP contribution in [0.4, 0.5) is 8.78 Å². The highest BCUT2D eigenvalue weighted by Crippen LogP contribution is 2.35. The zero-order valence-electron chi connectivity index (χ0n) is 14.1. The second-order valence-electron chi connectivity index (χ2n) is 6.60. The normalized spacial score (nSPS) is 19.6. The van der Waals surface area contributed by atoms with Gasteiger partial charge in [0.25, 0.3) is 0 Å². The Hall–Kier alpha value is -2.27. The maximum absolute atomic E-state index is 14.5. The summed E-state index contributed by atoms with van der Waals surface area (Å²) in [5.41, 5.74) is 2.29. The van der Waals surface area contributed by atoms with Gasteiger partial charge in [-0.3, -0.25) is 9.69 Å². The number of piperidine rings is 1. The van der Waals surface area contributed by atoms with Gasteiger partial charge in [0.05, 0.1) is 12.0 Å². The molecule has 132 valence electrons. The first-order valence-electron chi connectivity index (χ1n) is 8.44. The van der Waals surface area contributed by atoms with Gasteiger partial charge >= 0.3 is 5.97 Å². The summed E-state index contributed by atoms with van der Waals surface area (Å²) in [6.07, 6.45) is 1.36. The lowest BCUT2D eigenvalue weighted by molar-refractivity contribution is -0.143. The van der Waals surface area contributed by atoms with Crippen molar-refractivity contribution in [2.24, 2.45) is 5.92 Å². The third-order valence-electron chi connectivity index (χ3n) is 4.91. The summed E-state index contributed by atoms with van der Waals surface area (Å²) in [5.74, 6) is -2.52. The number of carboxylic acids is 1. The summed E-state index contributed by atoms with van der Waals surface area (Å²) in [4.78, 5) is 13.4. The number of benzene rings is 2. The Morgan fingerprint density at radius 2 is 1.96 bits per heavy atom. The fraction of sp³-hybridized carbons (Fsp3) is 0.350. The molecule has 1 fully saturated rings. The summed E-state index contributed by atoms with van der Waals surface area (Å²) >= 11 is 0. The van der Waals surface area contributed by atoms with Gasteiger partial charge in [-0.25, -0.2) is 8.78 Å². The van der Waals surface area contributed by atoms with Gasteiger partial charge in [0.1, 0.15) is 11.6 Å². The quantitative estimate of drug-likeness (QED) is 0.905. The van der Waals surface area contributed by atoms with Crippen molar-refractivity contribution < 1.29 is 18.7 Å². The number of aliphatic carboxylic acids is 1. The minimum Gasteiger partial charge on any atom is -0.481 e. The number of halogens is 2. The van der Waals surface area contributed by atoms with Crippen molar-refractivity contribution in [3.05, 3.63) is 70.8 Å². The number of carboxylic acid groups (broad SMARTS) is 1. The molecule has 0 amide bonds. The first kappa shape index (κ1) is 17.5. The molecule has 5 heteroatoms. The predicted octanol–water partition coefficient (Wildman–Crippen LogP) is 4.16. The first-order valence-corrected chi connectivity index (χ1v) is 8.44. The third-order valence-corrected chi connectivity index (χ3v) is 4.91. The van der Waals surface area contributed by atoms with Gasteiger partial charge in [0.15, 0.2) is 0 Å². The van der Waals surface area contributed by atoms with E-state index in [1.807, 2.05) is 36.1 Å². The van der Waals surface area contributed by atoms with Crippen LogP contribution in [0.15, 0.2) is 42.5 Å². The maximum Gasteiger partial charge on any atom is 0.307 e. The summed E-state index contributed by atoms with van der Waals surface area (Å²) < 4.78 is 27.9. The fourth-order valence-corrected chi connectivity index (χ4v) is 3.62. The molecule has 3 nitrogen and oxygen atoms in total. The number of aryl methyl sites for hydroxylation is 1. The minimum absolute atomic E-state index is 0.352. The lowest BCUT2D eigenvalue weighted by atomic mass is 9.89. The number of likely N-dealkylation sites (tertiary alicyclic amines) is 1. The second-order valence-corrected chi connectivity index (χ2v) is 6.60. The third kappa shape index (κ3) is 3.71. The SMILES string of the molecule is Cc1ccccc1C(c1ccc(F)cc1F)N1CCCC(C(=O)O)C1. The molecule has 3 rings (SSSR count). The van der Waals surface area contributed by atoms with Crippen molar-refractivity contribution in [2.75, 3.05) is 13.1 Å². The molecule has 1 N–H and O–H groups in total. The van der Waals surface area contributed by atoms with Gasteiger partial charge in [-0.05, 0) is 43.5 Å². The Balaban J connectivity index is 2.06. The molecule has 0 aromatic heterocycles. The van der Waals surface area contributed by atoms with E-state index in [-0.39, 0.29) is 0 Å². The van der Waals surface area contributed by atoms with Crippen molar-refractivity contribution in [3.63, 3.8) is 0 Å². The van der Waals surface area contributed by atoms with Crippen molar-refractivity contribution in [2.45, 2.75) is 25.8 Å². The number of nitrogens with zero attached hydrogens (tertiary/aromatic N) is 1. The first-order chi connectivity index (χ1) is 12.0. The van der Waals surface area contributed by atoms with Crippen LogP contribution in [0.5, 0.6) is 0 Å². The maximum atomic E-state index is 14.5. The average Bonchev–Trinajstić information content (AvgIpc) is 2.59. The number of rotatable bonds is 4. The van der Waals surface area contributed by atoms with Gasteiger partial charge in [0.2, 0.25) is 0 Å². The van der Waals surface area contributed by atoms with Gasteiger partial charge in [-0.2, -0.15) is 0 Å². The van der Waals surface area contributed by atoms with E-state index < -0.39 is 29.6 Å². The van der Waals surface area contributed by atoms with Crippen LogP contribution in [-0.2, 0) is 4.79 Å². The van der Waals surface area contributed by atoms with Crippen molar-refractivity contribution in [1.82, 2.24) is 4.90 Å². The Morgan fingerprint density at radius 1 is 1.20 bits per heavy atom. The molecule has 0 radical (unpaired) electrons. The van der Waals surface area contributed by atoms with E-state index in [2.05, 4.69) is 0 Å². The molecule has 1 aliphatic heterocycles. The molecule has 2 unspecified atom stereocenters. The lowest BCUT2D eigenvalue weighted by Crippen LogP contribution is -2.41. The Morgan fingerprint density at radius 3 is 2.64 bits per heavy atom. The van der Waals surface area contributed by atoms with E-state index in [0.29, 0.717) is 25.1 Å². The van der Waals surface area contributed by atoms with Crippen LogP contribution in [0.1, 0.15) is 35.6 Å². The molecule has 2 aromatic carbocycles. The average molecular weight is 345 g/mol. The highest BCUT2D eigenvalue weighted by molar-refractivity contribution is 5.70. The van der Waals surface area contributed by atoms with Crippen LogP contribution >= 0.6 is 0 Å². The molecule has 1 aliphatic rings. The summed E-state index contributed by atoms with van der Waals surface area (Å²) in [6.45, 7) is 2.98. The predicted molar refractivity (Wildman–Crippen MR) is 91.3 cm³/mol. The molecule has 25 heavy (non-hydrogen) atoms. The van der Waals surface area contributed by atoms with Gasteiger partial charge < -0.3 is 5.11 Å². The molecule has 1 heterocycles. The molecule has 1 saturated heterocycles. The van der Waals surface area contributed by atoms with Gasteiger partial charge in [-0.15, -0.1) is 0 Å². The Labute approximate surface area is 145 Å². The topological polar surface area (TPSA) is 40.5 Å². The molecule has 0 aliphatic carbocycles. The summed E-state index contributed by atoms with van der Waals surface area (Å²) in [6, 6.07) is 10.8. The van der Waals surface area contributed by atoms with Crippen LogP contribution in [0.3, 0.4) is 0 Å². The Kier molecular flexibility index (Phi) is 5.13. The minimum atomic E-state index is -0.826. The van der Waals surface area contributed by atoms with Gasteiger partial charge in [0, 0.05) is 18.2 Å². The van der Waals surface area contributed by atoms with E-state index in [0.717, 1.165) is 23.6 Å². The highest BCUT2D eigenvalue weighted by Gasteiger charge is 2.33. The highest BCUT2D eigenvalue weighted by atomic mass is 19.1. The van der Waals surface area contributed by atoms with E-state index in [1.165, 1.54) is 12.1 Å². The number of carbonyl (C=O) groups is 1. The lowest BCUT2D eigenvalue weighted by Gasteiger charge is -2.38. The molecular weight excluding hydrogens is 324 g/mol. The van der Waals surface area contributed by atoms with E-state index in [1.54, 1.807) is 0 Å². The second kappa shape index (κ2) is 7.31. The largest absolute Gasteiger partial charge is 0.481 e. The van der Waals surface area contributed by atoms with Gasteiger partial charge in [-0.1, -0.05) is 30.3 Å². The van der Waals surface area contributed by atoms with Crippen molar-refractivity contribution in [1.29, 1.82) is 0 Å². The zero-order valence-corrected chi connectivity index (χ0v) is 14.1. The molecule has 2 aromatic rings. The number of hydrogen-bond donors (Lipinski definition) is 1. The Bertz CT molecular complexity index is 778. The summed E-state index contributed by atoms with van der Waals surface area (Å²) in [5, 5.41) is 9.37. The molecule has 0 saturated carbocycles. The van der Waals surface area contributed by atoms with Crippen LogP contribution in [0.25, 0.3) is 0 Å². The van der Waals surface area contributed by atoms with Crippen LogP contribution in [0.2, 0.25) is 0 Å². The summed E-state index contributed by atoms with van der Waals surface area (Å²) in [7, 11) is 0. The molecular formula is C20H21F2NO2. The molecule has 0 bridgehead atoms. The van der Waals surface area contributed by atoms with Crippen LogP contribution < -0.4 is 0 Å². The van der Waals surface area contributed by atoms with Crippen molar-refractivity contribution >= 4 is 5.97 Å². The number of hydrogen-bond acceptors (Lipinski definition) is 2. The molecule has 0 spiro atoms. The zero-order chi connectivity index (χ0) is 18.0. The molecule has 2 atom stereocenters. The van der Waals surface area contributed by atoms with Crippen LogP contribution in [0, 0.1) is 24.5 Å². The van der Waals surface area contributed by atoms with Crippen LogP contribution in [-0.4, -0.2) is 29.1 Å². The monoisotopic (exact) mass is 345 g/mol. The van der Waals surface area contributed by atoms with E-state index >= 15 is 0 Å². The van der Waals surface area contributed by atoms with E-state index in [4.69, 9.17) is 0 Å². The fourth-order valence-electron chi connectivity index (χ4n) is 3.62. The van der Waals surface area contributed by atoms with E-state index in [9.17, 15) is 18.7 Å². The smallest absolute Gasteiger partial charge is 0.307 e. The van der Waals surface area contributed by atoms with Crippen molar-refractivity contribution in [3.8, 4) is 0 Å². The standard InChI is InChI=1S/C20H21F2NO2/c1-13-5-2-3-7-16(13)19(17-9-8-15(21)11-18(17)22)23-10-4-6-14(12-23)20(24)25/h2-3,5,7-9,11,14,19H,4,6,10,12H2,1H3,(H,24,25).